The van der Waals surface area contributed by atoms with E-state index < -0.39 is 0 Å². The highest BCUT2D eigenvalue weighted by atomic mass is 32.2. The van der Waals surface area contributed by atoms with Gasteiger partial charge >= 0.3 is 0 Å². The van der Waals surface area contributed by atoms with Crippen molar-refractivity contribution in [2.45, 2.75) is 30.4 Å². The van der Waals surface area contributed by atoms with Gasteiger partial charge in [0, 0.05) is 6.61 Å². The quantitative estimate of drug-likeness (QED) is 0.798. The first-order chi connectivity index (χ1) is 7.22. The molecule has 2 heterocycles. The van der Waals surface area contributed by atoms with Crippen LogP contribution in [-0.2, 0) is 4.74 Å². The van der Waals surface area contributed by atoms with Gasteiger partial charge in [0.05, 0.1) is 17.0 Å². The lowest BCUT2D eigenvalue weighted by molar-refractivity contribution is 0.121. The van der Waals surface area contributed by atoms with Crippen LogP contribution in [0.2, 0.25) is 0 Å². The van der Waals surface area contributed by atoms with Gasteiger partial charge in [0.15, 0.2) is 5.82 Å². The third kappa shape index (κ3) is 2.21. The van der Waals surface area contributed by atoms with Crippen molar-refractivity contribution in [1.82, 2.24) is 4.37 Å². The van der Waals surface area contributed by atoms with Gasteiger partial charge in [-0.1, -0.05) is 0 Å². The van der Waals surface area contributed by atoms with E-state index in [0.717, 1.165) is 22.9 Å². The van der Waals surface area contributed by atoms with E-state index in [1.54, 1.807) is 11.8 Å². The molecule has 0 radical (unpaired) electrons. The van der Waals surface area contributed by atoms with Gasteiger partial charge in [-0.05, 0) is 31.1 Å². The summed E-state index contributed by atoms with van der Waals surface area (Å²) >= 11 is 3.06. The minimum atomic E-state index is 0.267. The number of nitrogens with two attached hydrogens (primary N) is 1. The smallest absolute Gasteiger partial charge is 0.153 e. The van der Waals surface area contributed by atoms with Crippen LogP contribution < -0.4 is 11.1 Å². The van der Waals surface area contributed by atoms with Crippen molar-refractivity contribution < 1.29 is 4.74 Å². The Morgan fingerprint density at radius 1 is 1.67 bits per heavy atom. The van der Waals surface area contributed by atoms with E-state index in [1.165, 1.54) is 11.5 Å². The zero-order chi connectivity index (χ0) is 10.8. The summed E-state index contributed by atoms with van der Waals surface area (Å²) in [5, 5.41) is 4.53. The molecule has 1 aliphatic rings. The fraction of sp³-hybridized carbons (Fsp3) is 0.667. The number of nitrogen functional groups attached to an aromatic ring is 1. The second-order valence-electron chi connectivity index (χ2n) is 3.55. The number of hydrogen-bond donors (Lipinski definition) is 2. The van der Waals surface area contributed by atoms with Crippen molar-refractivity contribution in [3.05, 3.63) is 0 Å². The van der Waals surface area contributed by atoms with E-state index in [1.807, 2.05) is 6.26 Å². The molecule has 0 amide bonds. The van der Waals surface area contributed by atoms with Crippen LogP contribution in [-0.4, -0.2) is 29.4 Å². The highest BCUT2D eigenvalue weighted by Crippen LogP contribution is 2.36. The average molecular weight is 245 g/mol. The topological polar surface area (TPSA) is 60.2 Å². The van der Waals surface area contributed by atoms with Gasteiger partial charge in [-0.25, -0.2) is 0 Å². The van der Waals surface area contributed by atoms with Gasteiger partial charge in [0.1, 0.15) is 5.00 Å². The molecule has 2 rings (SSSR count). The number of nitrogens with one attached hydrogen (secondary N) is 1. The molecule has 1 aliphatic heterocycles. The minimum absolute atomic E-state index is 0.267. The Hall–Kier alpha value is -0.460. The predicted octanol–water partition coefficient (Wildman–Crippen LogP) is 2.04. The molecular weight excluding hydrogens is 230 g/mol. The highest BCUT2D eigenvalue weighted by Gasteiger charge is 2.25. The average Bonchev–Trinajstić information content (AvgIpc) is 2.76. The first-order valence-corrected chi connectivity index (χ1v) is 6.89. The summed E-state index contributed by atoms with van der Waals surface area (Å²) in [6, 6.07) is 0.385. The lowest BCUT2D eigenvalue weighted by Crippen LogP contribution is -2.26. The SMILES string of the molecule is CSc1c(N)nsc1NC1CCOC1C. The number of ether oxygens (including phenoxy) is 1. The van der Waals surface area contributed by atoms with Crippen LogP contribution in [0, 0.1) is 0 Å². The Balaban J connectivity index is 2.09. The van der Waals surface area contributed by atoms with Crippen LogP contribution in [0.25, 0.3) is 0 Å². The Bertz CT molecular complexity index is 342. The molecule has 4 nitrogen and oxygen atoms in total. The summed E-state index contributed by atoms with van der Waals surface area (Å²) in [5.74, 6) is 0.626. The van der Waals surface area contributed by atoms with Crippen molar-refractivity contribution in [2.24, 2.45) is 0 Å². The van der Waals surface area contributed by atoms with Gasteiger partial charge in [0.25, 0.3) is 0 Å². The van der Waals surface area contributed by atoms with Crippen molar-refractivity contribution in [3.8, 4) is 0 Å². The van der Waals surface area contributed by atoms with Crippen molar-refractivity contribution in [1.29, 1.82) is 0 Å². The molecule has 0 spiro atoms. The third-order valence-electron chi connectivity index (χ3n) is 2.57. The van der Waals surface area contributed by atoms with Crippen LogP contribution in [0.15, 0.2) is 4.90 Å². The second kappa shape index (κ2) is 4.59. The van der Waals surface area contributed by atoms with Crippen molar-refractivity contribution in [3.63, 3.8) is 0 Å². The van der Waals surface area contributed by atoms with Crippen LogP contribution in [0.1, 0.15) is 13.3 Å². The first-order valence-electron chi connectivity index (χ1n) is 4.89. The van der Waals surface area contributed by atoms with E-state index in [-0.39, 0.29) is 6.10 Å². The van der Waals surface area contributed by atoms with Crippen molar-refractivity contribution in [2.75, 3.05) is 23.9 Å². The molecule has 0 aliphatic carbocycles. The van der Waals surface area contributed by atoms with Crippen LogP contribution in [0.3, 0.4) is 0 Å². The molecule has 3 N–H and O–H groups in total. The lowest BCUT2D eigenvalue weighted by atomic mass is 10.2. The molecule has 0 saturated carbocycles. The molecule has 1 fully saturated rings. The molecule has 6 heteroatoms. The van der Waals surface area contributed by atoms with Gasteiger partial charge < -0.3 is 15.8 Å². The molecule has 2 unspecified atom stereocenters. The summed E-state index contributed by atoms with van der Waals surface area (Å²) < 4.78 is 9.65. The minimum Gasteiger partial charge on any atom is -0.382 e. The maximum absolute atomic E-state index is 5.77. The Morgan fingerprint density at radius 3 is 3.07 bits per heavy atom. The molecule has 0 aromatic carbocycles. The number of anilines is 2. The maximum atomic E-state index is 5.77. The van der Waals surface area contributed by atoms with Gasteiger partial charge in [-0.15, -0.1) is 11.8 Å². The van der Waals surface area contributed by atoms with E-state index in [2.05, 4.69) is 16.6 Å². The van der Waals surface area contributed by atoms with Crippen LogP contribution in [0.5, 0.6) is 0 Å². The zero-order valence-electron chi connectivity index (χ0n) is 8.82. The van der Waals surface area contributed by atoms with Crippen LogP contribution in [0.4, 0.5) is 10.8 Å². The Kier molecular flexibility index (Phi) is 3.38. The summed E-state index contributed by atoms with van der Waals surface area (Å²) in [5.41, 5.74) is 5.77. The number of rotatable bonds is 3. The Morgan fingerprint density at radius 2 is 2.47 bits per heavy atom. The second-order valence-corrected chi connectivity index (χ2v) is 5.14. The van der Waals surface area contributed by atoms with Crippen LogP contribution >= 0.6 is 23.3 Å². The van der Waals surface area contributed by atoms with Crippen molar-refractivity contribution >= 4 is 34.1 Å². The number of thioether (sulfide) groups is 1. The molecule has 1 saturated heterocycles. The molecule has 1 aromatic heterocycles. The van der Waals surface area contributed by atoms with Gasteiger partial charge in [-0.3, -0.25) is 0 Å². The highest BCUT2D eigenvalue weighted by molar-refractivity contribution is 7.99. The standard InChI is InChI=1S/C9H15N3OS2/c1-5-6(3-4-13-5)11-9-7(14-2)8(10)12-15-9/h5-6,11H,3-4H2,1-2H3,(H2,10,12). The van der Waals surface area contributed by atoms with E-state index in [0.29, 0.717) is 11.9 Å². The molecule has 84 valence electrons. The summed E-state index contributed by atoms with van der Waals surface area (Å²) in [4.78, 5) is 1.05. The summed E-state index contributed by atoms with van der Waals surface area (Å²) in [6.45, 7) is 2.93. The number of nitrogens with zero attached hydrogens (tertiary/aromatic N) is 1. The fourth-order valence-corrected chi connectivity index (χ4v) is 3.26. The lowest BCUT2D eigenvalue weighted by Gasteiger charge is -2.16. The van der Waals surface area contributed by atoms with E-state index in [4.69, 9.17) is 10.5 Å². The molecule has 1 aromatic rings. The first kappa shape index (κ1) is 11.0. The fourth-order valence-electron chi connectivity index (χ4n) is 1.67. The number of aromatic nitrogens is 1. The Labute approximate surface area is 97.7 Å². The molecular formula is C9H15N3OS2. The van der Waals surface area contributed by atoms with E-state index in [9.17, 15) is 0 Å². The molecule has 2 atom stereocenters. The zero-order valence-corrected chi connectivity index (χ0v) is 10.5. The van der Waals surface area contributed by atoms with E-state index >= 15 is 0 Å². The predicted molar refractivity (Wildman–Crippen MR) is 65.7 cm³/mol. The number of hydrogen-bond acceptors (Lipinski definition) is 6. The maximum Gasteiger partial charge on any atom is 0.153 e. The summed E-state index contributed by atoms with van der Waals surface area (Å²) in [7, 11) is 0. The normalized spacial score (nSPS) is 25.7. The van der Waals surface area contributed by atoms with Gasteiger partial charge in [0.2, 0.25) is 0 Å². The monoisotopic (exact) mass is 245 g/mol. The van der Waals surface area contributed by atoms with Gasteiger partial charge in [-0.2, -0.15) is 4.37 Å². The molecule has 0 bridgehead atoms. The summed E-state index contributed by atoms with van der Waals surface area (Å²) in [6.07, 6.45) is 3.33. The largest absolute Gasteiger partial charge is 0.382 e. The molecule has 15 heavy (non-hydrogen) atoms. The third-order valence-corrected chi connectivity index (χ3v) is 4.31.